The highest BCUT2D eigenvalue weighted by Gasteiger charge is 2.37. The van der Waals surface area contributed by atoms with E-state index < -0.39 is 0 Å². The van der Waals surface area contributed by atoms with Crippen molar-refractivity contribution >= 4 is 11.8 Å². The number of carbonyl (C=O) groups excluding carboxylic acids is 1. The van der Waals surface area contributed by atoms with Crippen LogP contribution in [-0.2, 0) is 6.54 Å². The number of hydrogen-bond donors (Lipinski definition) is 1. The number of H-pyrrole nitrogens is 1. The molecule has 9 nitrogen and oxygen atoms in total. The Bertz CT molecular complexity index is 842. The maximum atomic E-state index is 12.4. The zero-order valence-corrected chi connectivity index (χ0v) is 14.6. The van der Waals surface area contributed by atoms with Gasteiger partial charge in [0, 0.05) is 52.4 Å². The Morgan fingerprint density at radius 1 is 1.32 bits per heavy atom. The Morgan fingerprint density at radius 2 is 2.16 bits per heavy atom. The molecule has 25 heavy (non-hydrogen) atoms. The molecular weight excluding hydrogens is 322 g/mol. The molecule has 0 aromatic carbocycles. The van der Waals surface area contributed by atoms with Gasteiger partial charge in [0.05, 0.1) is 5.69 Å². The van der Waals surface area contributed by atoms with Gasteiger partial charge in [-0.05, 0) is 18.8 Å². The van der Waals surface area contributed by atoms with Gasteiger partial charge >= 0.3 is 6.03 Å². The quantitative estimate of drug-likeness (QED) is 0.827. The zero-order chi connectivity index (χ0) is 17.6. The van der Waals surface area contributed by atoms with Gasteiger partial charge in [-0.3, -0.25) is 14.8 Å². The normalized spacial score (nSPS) is 23.8. The van der Waals surface area contributed by atoms with Crippen molar-refractivity contribution in [3.63, 3.8) is 0 Å². The number of nitrogens with zero attached hydrogens (tertiary/aromatic N) is 6. The largest absolute Gasteiger partial charge is 0.331 e. The van der Waals surface area contributed by atoms with Gasteiger partial charge in [0.15, 0.2) is 0 Å². The minimum Gasteiger partial charge on any atom is -0.331 e. The van der Waals surface area contributed by atoms with E-state index in [9.17, 15) is 9.59 Å². The molecule has 0 aliphatic carbocycles. The third-order valence-corrected chi connectivity index (χ3v) is 5.17. The first kappa shape index (κ1) is 16.1. The third-order valence-electron chi connectivity index (χ3n) is 5.17. The van der Waals surface area contributed by atoms with Gasteiger partial charge in [-0.15, -0.1) is 0 Å². The van der Waals surface area contributed by atoms with E-state index in [0.717, 1.165) is 38.2 Å². The molecular formula is C16H23N7O2. The van der Waals surface area contributed by atoms with Gasteiger partial charge in [-0.2, -0.15) is 4.52 Å². The Labute approximate surface area is 145 Å². The Hall–Kier alpha value is -2.42. The third kappa shape index (κ3) is 2.99. The van der Waals surface area contributed by atoms with Gasteiger partial charge in [0.1, 0.15) is 6.33 Å². The van der Waals surface area contributed by atoms with Crippen LogP contribution in [0.5, 0.6) is 0 Å². The molecule has 2 atom stereocenters. The first-order chi connectivity index (χ1) is 12.0. The fourth-order valence-electron chi connectivity index (χ4n) is 3.97. The van der Waals surface area contributed by atoms with E-state index in [1.807, 2.05) is 4.90 Å². The SMILES string of the molecule is CN(C)C(=O)N1C[C@H]2CC[C@@H](C1)N(Cc1cc(=O)n3[nH]cnc3n1)C2. The van der Waals surface area contributed by atoms with E-state index in [1.54, 1.807) is 25.1 Å². The fraction of sp³-hybridized carbons (Fsp3) is 0.625. The van der Waals surface area contributed by atoms with Gasteiger partial charge in [-0.25, -0.2) is 14.8 Å². The highest BCUT2D eigenvalue weighted by atomic mass is 16.2. The summed E-state index contributed by atoms with van der Waals surface area (Å²) >= 11 is 0. The Morgan fingerprint density at radius 3 is 2.96 bits per heavy atom. The summed E-state index contributed by atoms with van der Waals surface area (Å²) in [7, 11) is 3.59. The molecule has 0 saturated carbocycles. The number of hydrogen-bond acceptors (Lipinski definition) is 5. The van der Waals surface area contributed by atoms with Crippen molar-refractivity contribution in [2.45, 2.75) is 25.4 Å². The molecule has 2 amide bonds. The van der Waals surface area contributed by atoms with Crippen LogP contribution >= 0.6 is 0 Å². The van der Waals surface area contributed by atoms with E-state index in [4.69, 9.17) is 0 Å². The number of aromatic nitrogens is 4. The first-order valence-corrected chi connectivity index (χ1v) is 8.63. The summed E-state index contributed by atoms with van der Waals surface area (Å²) in [5, 5.41) is 2.75. The molecule has 134 valence electrons. The van der Waals surface area contributed by atoms with Crippen LogP contribution in [0.25, 0.3) is 5.78 Å². The standard InChI is InChI=1S/C16H23N7O2/c1-20(2)16(25)22-7-11-3-4-13(9-22)21(6-11)8-12-5-14(24)23-15(19-12)17-10-18-23/h5,10-11,13H,3-4,6-9H2,1-2H3,(H,17,18,19)/t11-,13-/m0/s1. The van der Waals surface area contributed by atoms with Crippen molar-refractivity contribution < 1.29 is 4.79 Å². The topological polar surface area (TPSA) is 89.8 Å². The zero-order valence-electron chi connectivity index (χ0n) is 14.6. The number of urea groups is 1. The van der Waals surface area contributed by atoms with Gasteiger partial charge in [0.25, 0.3) is 11.3 Å². The van der Waals surface area contributed by atoms with Crippen LogP contribution in [0.1, 0.15) is 18.5 Å². The molecule has 5 heterocycles. The van der Waals surface area contributed by atoms with E-state index in [2.05, 4.69) is 20.0 Å². The fourth-order valence-corrected chi connectivity index (χ4v) is 3.97. The van der Waals surface area contributed by atoms with Crippen molar-refractivity contribution in [1.29, 1.82) is 0 Å². The highest BCUT2D eigenvalue weighted by molar-refractivity contribution is 5.74. The smallest absolute Gasteiger partial charge is 0.319 e. The van der Waals surface area contributed by atoms with Crippen molar-refractivity contribution in [3.8, 4) is 0 Å². The predicted molar refractivity (Wildman–Crippen MR) is 91.2 cm³/mol. The molecule has 0 spiro atoms. The van der Waals surface area contributed by atoms with Crippen LogP contribution in [0.2, 0.25) is 0 Å². The van der Waals surface area contributed by atoms with Crippen molar-refractivity contribution in [2.75, 3.05) is 33.7 Å². The second-order valence-electron chi connectivity index (χ2n) is 7.22. The van der Waals surface area contributed by atoms with Gasteiger partial charge in [-0.1, -0.05) is 0 Å². The van der Waals surface area contributed by atoms with Crippen LogP contribution < -0.4 is 5.56 Å². The molecule has 0 unspecified atom stereocenters. The lowest BCUT2D eigenvalue weighted by Gasteiger charge is -2.35. The lowest BCUT2D eigenvalue weighted by atomic mass is 9.95. The maximum Gasteiger partial charge on any atom is 0.319 e. The number of nitrogens with one attached hydrogen (secondary N) is 1. The summed E-state index contributed by atoms with van der Waals surface area (Å²) in [5.74, 6) is 0.866. The lowest BCUT2D eigenvalue weighted by Crippen LogP contribution is -2.45. The molecule has 3 aliphatic rings. The molecule has 1 N–H and O–H groups in total. The number of fused-ring (bicyclic) bond motifs is 5. The molecule has 5 rings (SSSR count). The summed E-state index contributed by atoms with van der Waals surface area (Å²) in [6.45, 7) is 3.09. The van der Waals surface area contributed by atoms with Crippen LogP contribution in [0.4, 0.5) is 4.79 Å². The Kier molecular flexibility index (Phi) is 3.95. The van der Waals surface area contributed by atoms with E-state index in [-0.39, 0.29) is 11.6 Å². The lowest BCUT2D eigenvalue weighted by molar-refractivity contribution is 0.121. The predicted octanol–water partition coefficient (Wildman–Crippen LogP) is -0.00460. The van der Waals surface area contributed by atoms with Crippen LogP contribution in [0, 0.1) is 5.92 Å². The summed E-state index contributed by atoms with van der Waals surface area (Å²) < 4.78 is 1.33. The van der Waals surface area contributed by atoms with Crippen molar-refractivity contribution in [3.05, 3.63) is 28.4 Å². The molecule has 3 saturated heterocycles. The van der Waals surface area contributed by atoms with Crippen molar-refractivity contribution in [2.24, 2.45) is 5.92 Å². The van der Waals surface area contributed by atoms with E-state index in [1.165, 1.54) is 10.8 Å². The van der Waals surface area contributed by atoms with Gasteiger partial charge in [0.2, 0.25) is 0 Å². The Balaban J connectivity index is 1.55. The first-order valence-electron chi connectivity index (χ1n) is 8.63. The molecule has 0 radical (unpaired) electrons. The van der Waals surface area contributed by atoms with Crippen molar-refractivity contribution in [1.82, 2.24) is 34.3 Å². The van der Waals surface area contributed by atoms with Crippen LogP contribution in [0.15, 0.2) is 17.2 Å². The number of rotatable bonds is 2. The van der Waals surface area contributed by atoms with Crippen LogP contribution in [0.3, 0.4) is 0 Å². The molecule has 9 heteroatoms. The number of carbonyl (C=O) groups is 1. The second kappa shape index (κ2) is 6.14. The average Bonchev–Trinajstić information content (AvgIpc) is 2.87. The summed E-state index contributed by atoms with van der Waals surface area (Å²) in [4.78, 5) is 39.0. The minimum absolute atomic E-state index is 0.0769. The molecule has 2 aromatic heterocycles. The maximum absolute atomic E-state index is 12.4. The van der Waals surface area contributed by atoms with Crippen LogP contribution in [-0.4, -0.2) is 80.1 Å². The molecule has 3 aliphatic heterocycles. The molecule has 2 bridgehead atoms. The average molecular weight is 345 g/mol. The summed E-state index contributed by atoms with van der Waals surface area (Å²) in [6, 6.07) is 1.95. The monoisotopic (exact) mass is 345 g/mol. The molecule has 3 fully saturated rings. The summed E-state index contributed by atoms with van der Waals surface area (Å²) in [6.07, 6.45) is 3.69. The van der Waals surface area contributed by atoms with Gasteiger partial charge < -0.3 is 9.80 Å². The number of amides is 2. The van der Waals surface area contributed by atoms with E-state index in [0.29, 0.717) is 24.3 Å². The second-order valence-corrected chi connectivity index (χ2v) is 7.22. The number of aromatic amines is 1. The summed E-state index contributed by atoms with van der Waals surface area (Å²) in [5.41, 5.74) is 0.581. The highest BCUT2D eigenvalue weighted by Crippen LogP contribution is 2.29. The minimum atomic E-state index is -0.151. The number of piperidine rings is 1. The molecule has 2 aromatic rings. The van der Waals surface area contributed by atoms with E-state index >= 15 is 0 Å².